The second-order valence-corrected chi connectivity index (χ2v) is 12.7. The summed E-state index contributed by atoms with van der Waals surface area (Å²) in [6.07, 6.45) is 45.9. The summed E-state index contributed by atoms with van der Waals surface area (Å²) < 4.78 is 5.22. The van der Waals surface area contributed by atoms with Crippen LogP contribution in [-0.2, 0) is 19.5 Å². The van der Waals surface area contributed by atoms with Crippen LogP contribution in [0.3, 0.4) is 0 Å². The molecule has 39 heavy (non-hydrogen) atoms. The molecule has 1 heterocycles. The average molecular weight is 546 g/mol. The molecular formula is C37H73N2+. The number of nitrogens with zero attached hydrogens (tertiary/aromatic N) is 2. The van der Waals surface area contributed by atoms with E-state index in [0.717, 1.165) is 0 Å². The van der Waals surface area contributed by atoms with Gasteiger partial charge < -0.3 is 0 Å². The predicted octanol–water partition coefficient (Wildman–Crippen LogP) is 12.3. The monoisotopic (exact) mass is 546 g/mol. The highest BCUT2D eigenvalue weighted by Gasteiger charge is 2.16. The Labute approximate surface area is 247 Å². The molecule has 0 atom stereocenters. The van der Waals surface area contributed by atoms with E-state index in [1.807, 2.05) is 0 Å². The average Bonchev–Trinajstić information content (AvgIpc) is 3.33. The van der Waals surface area contributed by atoms with E-state index < -0.39 is 0 Å². The van der Waals surface area contributed by atoms with Gasteiger partial charge in [0.25, 0.3) is 5.82 Å². The van der Waals surface area contributed by atoms with Crippen molar-refractivity contribution >= 4 is 0 Å². The number of unbranched alkanes of at least 4 members (excludes halogenated alkanes) is 25. The van der Waals surface area contributed by atoms with Crippen molar-refractivity contribution < 1.29 is 4.57 Å². The van der Waals surface area contributed by atoms with Gasteiger partial charge in [0.2, 0.25) is 0 Å². The molecule has 230 valence electrons. The van der Waals surface area contributed by atoms with Gasteiger partial charge >= 0.3 is 0 Å². The van der Waals surface area contributed by atoms with Gasteiger partial charge in [-0.1, -0.05) is 168 Å². The quantitative estimate of drug-likeness (QED) is 0.0648. The lowest BCUT2D eigenvalue weighted by molar-refractivity contribution is -0.704. The molecule has 0 N–H and O–H groups in total. The molecule has 0 aliphatic rings. The predicted molar refractivity (Wildman–Crippen MR) is 175 cm³/mol. The maximum absolute atomic E-state index is 2.62. The van der Waals surface area contributed by atoms with Gasteiger partial charge in [-0.2, -0.15) is 0 Å². The van der Waals surface area contributed by atoms with Crippen LogP contribution < -0.4 is 4.57 Å². The van der Waals surface area contributed by atoms with Crippen LogP contribution in [0.4, 0.5) is 0 Å². The summed E-state index contributed by atoms with van der Waals surface area (Å²) in [5.41, 5.74) is 0. The van der Waals surface area contributed by atoms with Gasteiger partial charge in [-0.05, 0) is 32.1 Å². The number of hydrogen-bond acceptors (Lipinski definition) is 0. The summed E-state index contributed by atoms with van der Waals surface area (Å²) in [5, 5.41) is 0. The zero-order chi connectivity index (χ0) is 28.1. The van der Waals surface area contributed by atoms with Crippen molar-refractivity contribution in [1.82, 2.24) is 4.57 Å². The van der Waals surface area contributed by atoms with Gasteiger partial charge in [0, 0.05) is 6.42 Å². The second kappa shape index (κ2) is 28.7. The van der Waals surface area contributed by atoms with Gasteiger partial charge in [0.15, 0.2) is 0 Å². The zero-order valence-corrected chi connectivity index (χ0v) is 27.5. The van der Waals surface area contributed by atoms with E-state index in [1.54, 1.807) is 5.82 Å². The third-order valence-corrected chi connectivity index (χ3v) is 8.85. The molecule has 0 saturated heterocycles. The first kappa shape index (κ1) is 36.2. The molecule has 2 nitrogen and oxygen atoms in total. The molecule has 1 rings (SSSR count). The Balaban J connectivity index is 2.18. The Bertz CT molecular complexity index is 605. The maximum Gasteiger partial charge on any atom is 0.256 e. The molecule has 1 aromatic rings. The fourth-order valence-corrected chi connectivity index (χ4v) is 6.15. The molecule has 0 unspecified atom stereocenters. The Morgan fingerprint density at radius 2 is 0.795 bits per heavy atom. The summed E-state index contributed by atoms with van der Waals surface area (Å²) in [7, 11) is 0. The number of imidazole rings is 1. The molecule has 1 aromatic heterocycles. The molecule has 0 aliphatic heterocycles. The van der Waals surface area contributed by atoms with Gasteiger partial charge in [-0.15, -0.1) is 0 Å². The first-order chi connectivity index (χ1) is 19.3. The summed E-state index contributed by atoms with van der Waals surface area (Å²) in [5.74, 6) is 1.61. The van der Waals surface area contributed by atoms with E-state index in [-0.39, 0.29) is 0 Å². The van der Waals surface area contributed by atoms with Crippen molar-refractivity contribution in [2.45, 2.75) is 220 Å². The lowest BCUT2D eigenvalue weighted by Crippen LogP contribution is -2.37. The van der Waals surface area contributed by atoms with Crippen LogP contribution in [0, 0.1) is 0 Å². The number of aromatic nitrogens is 2. The Morgan fingerprint density at radius 3 is 1.23 bits per heavy atom. The highest BCUT2D eigenvalue weighted by atomic mass is 15.1. The van der Waals surface area contributed by atoms with Crippen molar-refractivity contribution in [3.8, 4) is 0 Å². The van der Waals surface area contributed by atoms with E-state index in [9.17, 15) is 0 Å². The molecule has 0 radical (unpaired) electrons. The number of rotatable bonds is 31. The first-order valence-electron chi connectivity index (χ1n) is 18.4. The molecular weight excluding hydrogens is 472 g/mol. The molecule has 0 aliphatic carbocycles. The summed E-state index contributed by atoms with van der Waals surface area (Å²) in [4.78, 5) is 0. The van der Waals surface area contributed by atoms with Crippen LogP contribution in [0.15, 0.2) is 12.4 Å². The number of aryl methyl sites for hydroxylation is 2. The molecule has 0 aromatic carbocycles. The van der Waals surface area contributed by atoms with Crippen LogP contribution in [0.5, 0.6) is 0 Å². The van der Waals surface area contributed by atoms with Gasteiger partial charge in [0.1, 0.15) is 12.4 Å². The van der Waals surface area contributed by atoms with Gasteiger partial charge in [0.05, 0.1) is 13.1 Å². The molecule has 0 bridgehead atoms. The maximum atomic E-state index is 2.62. The van der Waals surface area contributed by atoms with Gasteiger partial charge in [-0.3, -0.25) is 0 Å². The molecule has 0 amide bonds. The fourth-order valence-electron chi connectivity index (χ4n) is 6.15. The second-order valence-electron chi connectivity index (χ2n) is 12.7. The van der Waals surface area contributed by atoms with Crippen molar-refractivity contribution in [2.75, 3.05) is 0 Å². The molecule has 0 fully saturated rings. The minimum atomic E-state index is 1.22. The fraction of sp³-hybridized carbons (Fsp3) is 0.919. The SMILES string of the molecule is CCCCCCCCCCCCCCCCCn1cc[n+](CCCCCC)c1CCCCCCCCCCC. The van der Waals surface area contributed by atoms with Crippen molar-refractivity contribution in [3.05, 3.63) is 18.2 Å². The Kier molecular flexibility index (Phi) is 26.7. The normalized spacial score (nSPS) is 11.6. The summed E-state index contributed by atoms with van der Waals surface area (Å²) in [6, 6.07) is 0. The van der Waals surface area contributed by atoms with Crippen molar-refractivity contribution in [3.63, 3.8) is 0 Å². The molecule has 0 spiro atoms. The van der Waals surface area contributed by atoms with Crippen molar-refractivity contribution in [1.29, 1.82) is 0 Å². The van der Waals surface area contributed by atoms with Crippen LogP contribution in [0.2, 0.25) is 0 Å². The largest absolute Gasteiger partial charge is 0.256 e. The van der Waals surface area contributed by atoms with Crippen LogP contribution in [0.25, 0.3) is 0 Å². The van der Waals surface area contributed by atoms with E-state index in [0.29, 0.717) is 0 Å². The van der Waals surface area contributed by atoms with Crippen LogP contribution in [0.1, 0.15) is 206 Å². The van der Waals surface area contributed by atoms with Crippen LogP contribution in [-0.4, -0.2) is 4.57 Å². The standard InChI is InChI=1S/C37H73N2/c1-4-7-10-13-15-17-18-19-20-21-22-24-26-28-31-34-39-36-35-38(33-30-12-9-6-3)37(39)32-29-27-25-23-16-14-11-8-5-2/h35-36H,4-34H2,1-3H3/q+1. The van der Waals surface area contributed by atoms with E-state index >= 15 is 0 Å². The van der Waals surface area contributed by atoms with Gasteiger partial charge in [-0.25, -0.2) is 9.13 Å². The van der Waals surface area contributed by atoms with E-state index in [1.165, 1.54) is 199 Å². The van der Waals surface area contributed by atoms with Crippen LogP contribution >= 0.6 is 0 Å². The topological polar surface area (TPSA) is 8.81 Å². The van der Waals surface area contributed by atoms with E-state index in [2.05, 4.69) is 42.3 Å². The summed E-state index contributed by atoms with van der Waals surface area (Å²) >= 11 is 0. The third kappa shape index (κ3) is 21.6. The highest BCUT2D eigenvalue weighted by Crippen LogP contribution is 2.15. The van der Waals surface area contributed by atoms with Crippen molar-refractivity contribution in [2.24, 2.45) is 0 Å². The molecule has 0 saturated carbocycles. The Morgan fingerprint density at radius 1 is 0.436 bits per heavy atom. The lowest BCUT2D eigenvalue weighted by Gasteiger charge is -2.07. The highest BCUT2D eigenvalue weighted by molar-refractivity contribution is 4.84. The lowest BCUT2D eigenvalue weighted by atomic mass is 10.0. The first-order valence-corrected chi connectivity index (χ1v) is 18.4. The third-order valence-electron chi connectivity index (χ3n) is 8.85. The molecule has 2 heteroatoms. The smallest absolute Gasteiger partial charge is 0.234 e. The Hall–Kier alpha value is -0.790. The summed E-state index contributed by atoms with van der Waals surface area (Å²) in [6.45, 7) is 9.39. The minimum Gasteiger partial charge on any atom is -0.234 e. The van der Waals surface area contributed by atoms with E-state index in [4.69, 9.17) is 0 Å². The number of hydrogen-bond donors (Lipinski definition) is 0. The minimum absolute atomic E-state index is 1.22. The zero-order valence-electron chi connectivity index (χ0n) is 27.5.